The van der Waals surface area contributed by atoms with Crippen LogP contribution in [0.3, 0.4) is 0 Å². The summed E-state index contributed by atoms with van der Waals surface area (Å²) >= 11 is 0. The number of hydrogen-bond acceptors (Lipinski definition) is 4. The average Bonchev–Trinajstić information content (AvgIpc) is 3.00. The number of rotatable bonds is 11. The molecule has 1 heterocycles. The molecule has 8 heteroatoms. The lowest BCUT2D eigenvalue weighted by atomic mass is 9.93. The second-order valence-electron chi connectivity index (χ2n) is 6.14. The second kappa shape index (κ2) is 13.3. The van der Waals surface area contributed by atoms with E-state index in [0.29, 0.717) is 6.54 Å². The van der Waals surface area contributed by atoms with E-state index in [1.165, 1.54) is 0 Å². The molecule has 7 nitrogen and oxygen atoms in total. The van der Waals surface area contributed by atoms with E-state index >= 15 is 0 Å². The Hall–Kier alpha value is -0.900. The monoisotopic (exact) mass is 466 g/mol. The molecule has 146 valence electrons. The van der Waals surface area contributed by atoms with Gasteiger partial charge in [0, 0.05) is 26.1 Å². The van der Waals surface area contributed by atoms with Gasteiger partial charge < -0.3 is 20.3 Å². The van der Waals surface area contributed by atoms with E-state index in [1.807, 2.05) is 11.5 Å². The first-order chi connectivity index (χ1) is 11.6. The number of halogens is 1. The zero-order valence-electron chi connectivity index (χ0n) is 16.1. The molecule has 0 amide bonds. The van der Waals surface area contributed by atoms with Gasteiger partial charge in [0.25, 0.3) is 0 Å². The van der Waals surface area contributed by atoms with Crippen LogP contribution in [0.15, 0.2) is 11.3 Å². The van der Waals surface area contributed by atoms with Crippen molar-refractivity contribution in [2.75, 3.05) is 19.6 Å². The van der Waals surface area contributed by atoms with Crippen LogP contribution in [0.1, 0.15) is 59.2 Å². The van der Waals surface area contributed by atoms with Crippen molar-refractivity contribution >= 4 is 29.9 Å². The van der Waals surface area contributed by atoms with Crippen molar-refractivity contribution in [2.45, 2.75) is 71.9 Å². The fourth-order valence-corrected chi connectivity index (χ4v) is 2.82. The van der Waals surface area contributed by atoms with Crippen LogP contribution >= 0.6 is 24.0 Å². The van der Waals surface area contributed by atoms with Crippen LogP contribution in [0.4, 0.5) is 0 Å². The van der Waals surface area contributed by atoms with Crippen LogP contribution in [-0.2, 0) is 13.0 Å². The first-order valence-electron chi connectivity index (χ1n) is 9.19. The minimum absolute atomic E-state index is 0. The van der Waals surface area contributed by atoms with E-state index in [-0.39, 0.29) is 24.0 Å². The number of aromatic nitrogens is 3. The summed E-state index contributed by atoms with van der Waals surface area (Å²) in [5.74, 6) is 1.73. The van der Waals surface area contributed by atoms with Gasteiger partial charge in [-0.1, -0.05) is 33.6 Å². The number of nitrogens with zero attached hydrogens (tertiary/aromatic N) is 4. The van der Waals surface area contributed by atoms with E-state index in [1.54, 1.807) is 6.33 Å². The third kappa shape index (κ3) is 8.84. The SMILES string of the molecule is CCCC(O)(CCC)CN=C(NCC)NCCn1cnnc1CC.I. The highest BCUT2D eigenvalue weighted by Crippen LogP contribution is 2.19. The van der Waals surface area contributed by atoms with Crippen molar-refractivity contribution in [3.8, 4) is 0 Å². The maximum atomic E-state index is 10.7. The zero-order valence-corrected chi connectivity index (χ0v) is 18.4. The van der Waals surface area contributed by atoms with Crippen LogP contribution in [-0.4, -0.2) is 51.1 Å². The molecule has 0 aliphatic rings. The fraction of sp³-hybridized carbons (Fsp3) is 0.824. The molecule has 0 aliphatic heterocycles. The lowest BCUT2D eigenvalue weighted by Gasteiger charge is -2.26. The number of guanidine groups is 1. The molecule has 0 radical (unpaired) electrons. The summed E-state index contributed by atoms with van der Waals surface area (Å²) in [5, 5.41) is 25.3. The molecule has 1 aromatic rings. The van der Waals surface area contributed by atoms with Crippen LogP contribution in [0, 0.1) is 0 Å². The Kier molecular flexibility index (Phi) is 12.8. The fourth-order valence-electron chi connectivity index (χ4n) is 2.82. The molecule has 3 N–H and O–H groups in total. The van der Waals surface area contributed by atoms with E-state index in [4.69, 9.17) is 0 Å². The van der Waals surface area contributed by atoms with Gasteiger partial charge in [-0.15, -0.1) is 34.2 Å². The maximum Gasteiger partial charge on any atom is 0.191 e. The van der Waals surface area contributed by atoms with Crippen molar-refractivity contribution in [3.05, 3.63) is 12.2 Å². The molecule has 0 saturated carbocycles. The molecule has 0 saturated heterocycles. The van der Waals surface area contributed by atoms with Crippen molar-refractivity contribution in [2.24, 2.45) is 4.99 Å². The van der Waals surface area contributed by atoms with Gasteiger partial charge in [0.2, 0.25) is 0 Å². The Bertz CT molecular complexity index is 485. The van der Waals surface area contributed by atoms with Gasteiger partial charge in [-0.2, -0.15) is 0 Å². The summed E-state index contributed by atoms with van der Waals surface area (Å²) in [6, 6.07) is 0. The predicted octanol–water partition coefficient (Wildman–Crippen LogP) is 2.34. The topological polar surface area (TPSA) is 87.4 Å². The third-order valence-corrected chi connectivity index (χ3v) is 3.96. The summed E-state index contributed by atoms with van der Waals surface area (Å²) in [6.45, 7) is 11.0. The van der Waals surface area contributed by atoms with Gasteiger partial charge in [0.15, 0.2) is 5.96 Å². The van der Waals surface area contributed by atoms with Gasteiger partial charge in [-0.3, -0.25) is 4.99 Å². The largest absolute Gasteiger partial charge is 0.388 e. The van der Waals surface area contributed by atoms with Gasteiger partial charge >= 0.3 is 0 Å². The van der Waals surface area contributed by atoms with Gasteiger partial charge in [-0.05, 0) is 19.8 Å². The summed E-state index contributed by atoms with van der Waals surface area (Å²) < 4.78 is 2.04. The molecule has 1 aromatic heterocycles. The highest BCUT2D eigenvalue weighted by molar-refractivity contribution is 14.0. The van der Waals surface area contributed by atoms with E-state index in [9.17, 15) is 5.11 Å². The van der Waals surface area contributed by atoms with E-state index in [0.717, 1.165) is 63.5 Å². The van der Waals surface area contributed by atoms with E-state index < -0.39 is 5.60 Å². The first kappa shape index (κ1) is 24.1. The average molecular weight is 466 g/mol. The molecule has 0 aromatic carbocycles. The van der Waals surface area contributed by atoms with Crippen LogP contribution < -0.4 is 10.6 Å². The molecular weight excluding hydrogens is 431 g/mol. The van der Waals surface area contributed by atoms with Crippen molar-refractivity contribution in [1.82, 2.24) is 25.4 Å². The molecule has 0 aliphatic carbocycles. The van der Waals surface area contributed by atoms with Crippen LogP contribution in [0.2, 0.25) is 0 Å². The summed E-state index contributed by atoms with van der Waals surface area (Å²) in [5.41, 5.74) is -0.699. The Morgan fingerprint density at radius 2 is 1.88 bits per heavy atom. The normalized spacial score (nSPS) is 12.0. The molecule has 1 rings (SSSR count). The Balaban J connectivity index is 0.00000576. The van der Waals surface area contributed by atoms with E-state index in [2.05, 4.69) is 46.6 Å². The molecule has 0 unspecified atom stereocenters. The smallest absolute Gasteiger partial charge is 0.191 e. The molecule has 0 fully saturated rings. The standard InChI is InChI=1S/C17H34N6O.HI/c1-5-9-17(24,10-6-2)13-20-16(18-8-4)19-11-12-23-14-21-22-15(23)7-3;/h14,24H,5-13H2,1-4H3,(H2,18,19,20);1H. The maximum absolute atomic E-state index is 10.7. The van der Waals surface area contributed by atoms with Crippen molar-refractivity contribution in [3.63, 3.8) is 0 Å². The minimum atomic E-state index is -0.699. The molecule has 0 spiro atoms. The summed E-state index contributed by atoms with van der Waals surface area (Å²) in [6.07, 6.45) is 6.11. The number of aliphatic imine (C=N–C) groups is 1. The van der Waals surface area contributed by atoms with Gasteiger partial charge in [0.1, 0.15) is 12.2 Å². The molecule has 0 bridgehead atoms. The summed E-state index contributed by atoms with van der Waals surface area (Å²) in [4.78, 5) is 4.59. The molecule has 0 atom stereocenters. The highest BCUT2D eigenvalue weighted by Gasteiger charge is 2.24. The number of aliphatic hydroxyl groups is 1. The third-order valence-electron chi connectivity index (χ3n) is 3.96. The predicted molar refractivity (Wildman–Crippen MR) is 114 cm³/mol. The lowest BCUT2D eigenvalue weighted by molar-refractivity contribution is 0.0306. The highest BCUT2D eigenvalue weighted by atomic mass is 127. The number of hydrogen-bond donors (Lipinski definition) is 3. The second-order valence-corrected chi connectivity index (χ2v) is 6.14. The Labute approximate surface area is 169 Å². The van der Waals surface area contributed by atoms with Crippen LogP contribution in [0.25, 0.3) is 0 Å². The molecule has 25 heavy (non-hydrogen) atoms. The Morgan fingerprint density at radius 3 is 2.44 bits per heavy atom. The van der Waals surface area contributed by atoms with Crippen molar-refractivity contribution < 1.29 is 5.11 Å². The quantitative estimate of drug-likeness (QED) is 0.265. The van der Waals surface area contributed by atoms with Gasteiger partial charge in [0.05, 0.1) is 12.1 Å². The minimum Gasteiger partial charge on any atom is -0.388 e. The number of aryl methyl sites for hydroxylation is 1. The van der Waals surface area contributed by atoms with Crippen LogP contribution in [0.5, 0.6) is 0 Å². The lowest BCUT2D eigenvalue weighted by Crippen LogP contribution is -2.41. The van der Waals surface area contributed by atoms with Crippen molar-refractivity contribution in [1.29, 1.82) is 0 Å². The van der Waals surface area contributed by atoms with Gasteiger partial charge in [-0.25, -0.2) is 0 Å². The first-order valence-corrected chi connectivity index (χ1v) is 9.19. The Morgan fingerprint density at radius 1 is 1.20 bits per heavy atom. The molecular formula is C17H35IN6O. The summed E-state index contributed by atoms with van der Waals surface area (Å²) in [7, 11) is 0. The zero-order chi connectivity index (χ0) is 17.8. The number of nitrogens with one attached hydrogen (secondary N) is 2.